The van der Waals surface area contributed by atoms with Gasteiger partial charge in [-0.2, -0.15) is 0 Å². The Morgan fingerprint density at radius 1 is 1.54 bits per heavy atom. The van der Waals surface area contributed by atoms with Crippen LogP contribution in [0.2, 0.25) is 0 Å². The van der Waals surface area contributed by atoms with E-state index >= 15 is 0 Å². The van der Waals surface area contributed by atoms with Crippen LogP contribution in [0, 0.1) is 0 Å². The van der Waals surface area contributed by atoms with E-state index in [1.807, 2.05) is 20.8 Å². The molecule has 1 fully saturated rings. The summed E-state index contributed by atoms with van der Waals surface area (Å²) in [6.45, 7) is 6.55. The molecule has 0 aromatic heterocycles. The smallest absolute Gasteiger partial charge is 0.320 e. The fourth-order valence-corrected chi connectivity index (χ4v) is 1.48. The van der Waals surface area contributed by atoms with Crippen molar-refractivity contribution in [2.45, 2.75) is 44.9 Å². The van der Waals surface area contributed by atoms with Crippen molar-refractivity contribution in [1.82, 2.24) is 5.32 Å². The zero-order chi connectivity index (χ0) is 10.1. The van der Waals surface area contributed by atoms with Crippen molar-refractivity contribution in [1.29, 1.82) is 0 Å². The molecule has 4 heteroatoms. The van der Waals surface area contributed by atoms with E-state index in [0.717, 1.165) is 0 Å². The molecule has 1 rings (SSSR count). The zero-order valence-electron chi connectivity index (χ0n) is 8.33. The lowest BCUT2D eigenvalue weighted by molar-refractivity contribution is -0.139. The summed E-state index contributed by atoms with van der Waals surface area (Å²) >= 11 is 0. The lowest BCUT2D eigenvalue weighted by Gasteiger charge is -2.24. The van der Waals surface area contributed by atoms with E-state index in [0.29, 0.717) is 13.0 Å². The predicted octanol–water partition coefficient (Wildman–Crippen LogP) is 0.617. The fourth-order valence-electron chi connectivity index (χ4n) is 1.48. The van der Waals surface area contributed by atoms with Crippen molar-refractivity contribution >= 4 is 5.97 Å². The summed E-state index contributed by atoms with van der Waals surface area (Å²) in [7, 11) is 0. The minimum Gasteiger partial charge on any atom is -0.480 e. The minimum absolute atomic E-state index is 0.0288. The summed E-state index contributed by atoms with van der Waals surface area (Å²) in [4.78, 5) is 10.6. The Balaban J connectivity index is 2.38. The first-order valence-corrected chi connectivity index (χ1v) is 4.52. The number of ether oxygens (including phenoxy) is 1. The molecule has 0 radical (unpaired) electrons. The molecular weight excluding hydrogens is 170 g/mol. The van der Waals surface area contributed by atoms with Crippen molar-refractivity contribution in [3.63, 3.8) is 0 Å². The molecule has 2 unspecified atom stereocenters. The second kappa shape index (κ2) is 3.64. The first kappa shape index (κ1) is 10.5. The lowest BCUT2D eigenvalue weighted by atomic mass is 10.1. The van der Waals surface area contributed by atoms with Gasteiger partial charge in [0.15, 0.2) is 0 Å². The molecule has 0 saturated carbocycles. The van der Waals surface area contributed by atoms with Crippen LogP contribution < -0.4 is 5.32 Å². The third-order valence-corrected chi connectivity index (χ3v) is 1.91. The van der Waals surface area contributed by atoms with Gasteiger partial charge in [-0.3, -0.25) is 4.79 Å². The van der Waals surface area contributed by atoms with Crippen molar-refractivity contribution < 1.29 is 14.6 Å². The Bertz CT molecular complexity index is 198. The highest BCUT2D eigenvalue weighted by Gasteiger charge is 2.31. The third kappa shape index (κ3) is 3.32. The summed E-state index contributed by atoms with van der Waals surface area (Å²) < 4.78 is 5.65. The number of carboxylic acid groups (broad SMARTS) is 1. The van der Waals surface area contributed by atoms with Crippen LogP contribution in [0.15, 0.2) is 0 Å². The minimum atomic E-state index is -0.792. The number of carbonyl (C=O) groups is 1. The second-order valence-electron chi connectivity index (χ2n) is 4.39. The number of carboxylic acids is 1. The summed E-state index contributed by atoms with van der Waals surface area (Å²) in [5.74, 6) is -0.792. The van der Waals surface area contributed by atoms with Gasteiger partial charge in [0.05, 0.1) is 11.7 Å². The van der Waals surface area contributed by atoms with Crippen LogP contribution in [0.25, 0.3) is 0 Å². The fraction of sp³-hybridized carbons (Fsp3) is 0.889. The van der Waals surface area contributed by atoms with Crippen LogP contribution in [0.1, 0.15) is 27.2 Å². The summed E-state index contributed by atoms with van der Waals surface area (Å²) in [6.07, 6.45) is 0.591. The summed E-state index contributed by atoms with van der Waals surface area (Å²) in [6, 6.07) is -0.438. The van der Waals surface area contributed by atoms with E-state index in [-0.39, 0.29) is 11.7 Å². The van der Waals surface area contributed by atoms with Crippen LogP contribution >= 0.6 is 0 Å². The topological polar surface area (TPSA) is 58.6 Å². The normalized spacial score (nSPS) is 29.2. The predicted molar refractivity (Wildman–Crippen MR) is 48.7 cm³/mol. The molecule has 76 valence electrons. The standard InChI is InChI=1S/C9H17NO3/c1-9(2,3)13-6-4-7(8(11)12)10-5-6/h6-7,10H,4-5H2,1-3H3,(H,11,12). The molecule has 2 atom stereocenters. The number of nitrogens with one attached hydrogen (secondary N) is 1. The van der Waals surface area contributed by atoms with Gasteiger partial charge >= 0.3 is 5.97 Å². The van der Waals surface area contributed by atoms with Gasteiger partial charge in [-0.25, -0.2) is 0 Å². The maximum absolute atomic E-state index is 10.6. The SMILES string of the molecule is CC(C)(C)OC1CNC(C(=O)O)C1. The maximum Gasteiger partial charge on any atom is 0.320 e. The van der Waals surface area contributed by atoms with Gasteiger partial charge in [0.2, 0.25) is 0 Å². The number of aliphatic carboxylic acids is 1. The van der Waals surface area contributed by atoms with Gasteiger partial charge < -0.3 is 15.2 Å². The van der Waals surface area contributed by atoms with Crippen molar-refractivity contribution in [2.75, 3.05) is 6.54 Å². The number of hydrogen-bond acceptors (Lipinski definition) is 3. The maximum atomic E-state index is 10.6. The monoisotopic (exact) mass is 187 g/mol. The molecule has 1 aliphatic heterocycles. The summed E-state index contributed by atoms with van der Waals surface area (Å²) in [5, 5.41) is 11.6. The van der Waals surface area contributed by atoms with Gasteiger partial charge in [0.25, 0.3) is 0 Å². The Morgan fingerprint density at radius 2 is 2.15 bits per heavy atom. The highest BCUT2D eigenvalue weighted by Crippen LogP contribution is 2.17. The molecule has 0 aliphatic carbocycles. The molecule has 0 amide bonds. The van der Waals surface area contributed by atoms with E-state index in [2.05, 4.69) is 5.32 Å². The number of hydrogen-bond donors (Lipinski definition) is 2. The molecule has 1 saturated heterocycles. The molecule has 0 bridgehead atoms. The van der Waals surface area contributed by atoms with Crippen LogP contribution in [-0.2, 0) is 9.53 Å². The Hall–Kier alpha value is -0.610. The van der Waals surface area contributed by atoms with Crippen molar-refractivity contribution in [3.05, 3.63) is 0 Å². The van der Waals surface area contributed by atoms with E-state index in [1.54, 1.807) is 0 Å². The van der Waals surface area contributed by atoms with Gasteiger partial charge in [-0.1, -0.05) is 0 Å². The van der Waals surface area contributed by atoms with Gasteiger partial charge in [-0.15, -0.1) is 0 Å². The largest absolute Gasteiger partial charge is 0.480 e. The first-order chi connectivity index (χ1) is 5.88. The molecule has 13 heavy (non-hydrogen) atoms. The Labute approximate surface area is 78.3 Å². The summed E-state index contributed by atoms with van der Waals surface area (Å²) in [5.41, 5.74) is -0.195. The molecule has 2 N–H and O–H groups in total. The van der Waals surface area contributed by atoms with Crippen LogP contribution in [0.5, 0.6) is 0 Å². The van der Waals surface area contributed by atoms with E-state index < -0.39 is 12.0 Å². The molecule has 4 nitrogen and oxygen atoms in total. The van der Waals surface area contributed by atoms with Crippen molar-refractivity contribution in [2.24, 2.45) is 0 Å². The van der Waals surface area contributed by atoms with Gasteiger partial charge in [0, 0.05) is 13.0 Å². The van der Waals surface area contributed by atoms with Crippen LogP contribution in [0.4, 0.5) is 0 Å². The Kier molecular flexibility index (Phi) is 2.93. The van der Waals surface area contributed by atoms with Gasteiger partial charge in [-0.05, 0) is 20.8 Å². The molecule has 1 aliphatic rings. The van der Waals surface area contributed by atoms with Crippen molar-refractivity contribution in [3.8, 4) is 0 Å². The van der Waals surface area contributed by atoms with Crippen LogP contribution in [0.3, 0.4) is 0 Å². The van der Waals surface area contributed by atoms with E-state index in [1.165, 1.54) is 0 Å². The second-order valence-corrected chi connectivity index (χ2v) is 4.39. The highest BCUT2D eigenvalue weighted by molar-refractivity contribution is 5.73. The lowest BCUT2D eigenvalue weighted by Crippen LogP contribution is -2.30. The average Bonchev–Trinajstić information content (AvgIpc) is 2.31. The van der Waals surface area contributed by atoms with E-state index in [4.69, 9.17) is 9.84 Å². The highest BCUT2D eigenvalue weighted by atomic mass is 16.5. The zero-order valence-corrected chi connectivity index (χ0v) is 8.33. The van der Waals surface area contributed by atoms with E-state index in [9.17, 15) is 4.79 Å². The van der Waals surface area contributed by atoms with Crippen LogP contribution in [-0.4, -0.2) is 35.4 Å². The number of rotatable bonds is 2. The molecule has 0 aromatic rings. The Morgan fingerprint density at radius 3 is 2.54 bits per heavy atom. The quantitative estimate of drug-likeness (QED) is 0.665. The molecule has 0 aromatic carbocycles. The molecular formula is C9H17NO3. The molecule has 1 heterocycles. The average molecular weight is 187 g/mol. The molecule has 0 spiro atoms. The first-order valence-electron chi connectivity index (χ1n) is 4.52. The van der Waals surface area contributed by atoms with Gasteiger partial charge in [0.1, 0.15) is 6.04 Å². The third-order valence-electron chi connectivity index (χ3n) is 1.91.